The van der Waals surface area contributed by atoms with Crippen LogP contribution in [-0.4, -0.2) is 20.7 Å². The molecule has 2 rings (SSSR count). The van der Waals surface area contributed by atoms with Crippen molar-refractivity contribution in [3.8, 4) is 5.75 Å². The number of hydrazone groups is 1. The highest BCUT2D eigenvalue weighted by molar-refractivity contribution is 7.89. The van der Waals surface area contributed by atoms with Crippen molar-refractivity contribution >= 4 is 15.7 Å². The summed E-state index contributed by atoms with van der Waals surface area (Å²) in [6.07, 6.45) is 8.34. The van der Waals surface area contributed by atoms with Gasteiger partial charge in [0.25, 0.3) is 10.0 Å². The molecule has 0 aromatic heterocycles. The number of hydrogen-bond acceptors (Lipinski definition) is 4. The van der Waals surface area contributed by atoms with Crippen LogP contribution in [0.5, 0.6) is 5.75 Å². The molecule has 6 heteroatoms. The van der Waals surface area contributed by atoms with Crippen LogP contribution in [-0.2, 0) is 10.0 Å². The number of hydrogen-bond donors (Lipinski definition) is 1. The van der Waals surface area contributed by atoms with Crippen LogP contribution in [0.4, 0.5) is 0 Å². The maximum absolute atomic E-state index is 12.3. The summed E-state index contributed by atoms with van der Waals surface area (Å²) in [6, 6.07) is 6.36. The van der Waals surface area contributed by atoms with Gasteiger partial charge in [-0.25, -0.2) is 0 Å². The Balaban J connectivity index is 2.02. The van der Waals surface area contributed by atoms with Crippen molar-refractivity contribution in [3.05, 3.63) is 35.9 Å². The van der Waals surface area contributed by atoms with E-state index in [0.717, 1.165) is 31.4 Å². The summed E-state index contributed by atoms with van der Waals surface area (Å²) in [5.41, 5.74) is 2.04. The highest BCUT2D eigenvalue weighted by atomic mass is 32.2. The minimum Gasteiger partial charge on any atom is -0.494 e. The first-order valence-corrected chi connectivity index (χ1v) is 10.1. The van der Waals surface area contributed by atoms with Gasteiger partial charge in [-0.05, 0) is 62.4 Å². The van der Waals surface area contributed by atoms with E-state index in [4.69, 9.17) is 4.74 Å². The first-order chi connectivity index (χ1) is 11.6. The molecule has 24 heavy (non-hydrogen) atoms. The third-order valence-corrected chi connectivity index (χ3v) is 5.16. The molecular formula is C18H26N2O3S. The molecule has 0 amide bonds. The smallest absolute Gasteiger partial charge is 0.276 e. The molecule has 0 saturated heterocycles. The Hall–Kier alpha value is -1.82. The van der Waals surface area contributed by atoms with Gasteiger partial charge >= 0.3 is 0 Å². The highest BCUT2D eigenvalue weighted by Gasteiger charge is 2.17. The lowest BCUT2D eigenvalue weighted by molar-refractivity contribution is 0.340. The van der Waals surface area contributed by atoms with Gasteiger partial charge in [0.2, 0.25) is 0 Å². The average molecular weight is 350 g/mol. The van der Waals surface area contributed by atoms with Crippen molar-refractivity contribution in [2.24, 2.45) is 5.10 Å². The second-order valence-electron chi connectivity index (χ2n) is 5.78. The molecule has 0 heterocycles. The monoisotopic (exact) mass is 350 g/mol. The Bertz CT molecular complexity index is 691. The fourth-order valence-corrected chi connectivity index (χ4v) is 3.48. The molecule has 5 nitrogen and oxygen atoms in total. The van der Waals surface area contributed by atoms with E-state index in [2.05, 4.69) is 22.9 Å². The molecule has 1 aromatic carbocycles. The van der Waals surface area contributed by atoms with Gasteiger partial charge in [-0.1, -0.05) is 25.8 Å². The Morgan fingerprint density at radius 3 is 2.58 bits per heavy atom. The second kappa shape index (κ2) is 8.87. The number of nitrogens with one attached hydrogen (secondary N) is 1. The first kappa shape index (κ1) is 18.5. The molecule has 0 atom stereocenters. The molecule has 0 bridgehead atoms. The third-order valence-electron chi connectivity index (χ3n) is 3.94. The van der Waals surface area contributed by atoms with Crippen molar-refractivity contribution in [1.29, 1.82) is 0 Å². The lowest BCUT2D eigenvalue weighted by Gasteiger charge is -2.08. The average Bonchev–Trinajstić information content (AvgIpc) is 3.02. The van der Waals surface area contributed by atoms with Crippen molar-refractivity contribution < 1.29 is 13.2 Å². The van der Waals surface area contributed by atoms with Gasteiger partial charge in [0, 0.05) is 0 Å². The Morgan fingerprint density at radius 1 is 1.17 bits per heavy atom. The molecule has 132 valence electrons. The van der Waals surface area contributed by atoms with E-state index in [1.54, 1.807) is 12.1 Å². The van der Waals surface area contributed by atoms with E-state index in [9.17, 15) is 8.42 Å². The van der Waals surface area contributed by atoms with Crippen molar-refractivity contribution in [1.82, 2.24) is 4.83 Å². The lowest BCUT2D eigenvalue weighted by atomic mass is 10.1. The predicted octanol–water partition coefficient (Wildman–Crippen LogP) is 4.02. The molecule has 1 N–H and O–H groups in total. The van der Waals surface area contributed by atoms with Crippen molar-refractivity contribution in [3.63, 3.8) is 0 Å². The number of benzene rings is 1. The SMILES string of the molecule is CCCCCC1=CCC/C1=N/NS(=O)(=O)c1ccc(OCC)cc1. The number of unbranched alkanes of at least 4 members (excludes halogenated alkanes) is 2. The highest BCUT2D eigenvalue weighted by Crippen LogP contribution is 2.21. The van der Waals surface area contributed by atoms with Crippen LogP contribution in [0.2, 0.25) is 0 Å². The molecule has 0 saturated carbocycles. The summed E-state index contributed by atoms with van der Waals surface area (Å²) in [7, 11) is -3.65. The number of rotatable bonds is 9. The fraction of sp³-hybridized carbons (Fsp3) is 0.500. The standard InChI is InChI=1S/C18H26N2O3S/c1-3-5-6-8-15-9-7-10-18(15)19-20-24(21,22)17-13-11-16(12-14-17)23-4-2/h9,11-14,20H,3-8,10H2,1-2H3/b19-18-. The molecular weight excluding hydrogens is 324 g/mol. The van der Waals surface area contributed by atoms with Crippen LogP contribution < -0.4 is 9.57 Å². The largest absolute Gasteiger partial charge is 0.494 e. The summed E-state index contributed by atoms with van der Waals surface area (Å²) in [5.74, 6) is 0.653. The summed E-state index contributed by atoms with van der Waals surface area (Å²) in [4.78, 5) is 2.55. The number of sulfonamides is 1. The minimum absolute atomic E-state index is 0.185. The summed E-state index contributed by atoms with van der Waals surface area (Å²) >= 11 is 0. The number of ether oxygens (including phenoxy) is 1. The zero-order chi connectivity index (χ0) is 17.4. The molecule has 0 fully saturated rings. The predicted molar refractivity (Wildman–Crippen MR) is 96.8 cm³/mol. The maximum atomic E-state index is 12.3. The molecule has 1 aliphatic carbocycles. The Morgan fingerprint density at radius 2 is 1.92 bits per heavy atom. The maximum Gasteiger partial charge on any atom is 0.276 e. The van der Waals surface area contributed by atoms with Crippen LogP contribution >= 0.6 is 0 Å². The van der Waals surface area contributed by atoms with Gasteiger partial charge in [0.1, 0.15) is 5.75 Å². The molecule has 0 radical (unpaired) electrons. The van der Waals surface area contributed by atoms with Crippen LogP contribution in [0, 0.1) is 0 Å². The van der Waals surface area contributed by atoms with Crippen LogP contribution in [0.3, 0.4) is 0 Å². The zero-order valence-electron chi connectivity index (χ0n) is 14.4. The normalized spacial score (nSPS) is 16.2. The van der Waals surface area contributed by atoms with Crippen LogP contribution in [0.1, 0.15) is 52.4 Å². The van der Waals surface area contributed by atoms with Gasteiger partial charge in [-0.3, -0.25) is 0 Å². The van der Waals surface area contributed by atoms with Crippen molar-refractivity contribution in [2.75, 3.05) is 6.61 Å². The lowest BCUT2D eigenvalue weighted by Crippen LogP contribution is -2.20. The van der Waals surface area contributed by atoms with Gasteiger partial charge in [0.15, 0.2) is 0 Å². The fourth-order valence-electron chi connectivity index (χ4n) is 2.65. The van der Waals surface area contributed by atoms with Gasteiger partial charge in [-0.2, -0.15) is 18.4 Å². The molecule has 1 aromatic rings. The van der Waals surface area contributed by atoms with E-state index in [-0.39, 0.29) is 4.90 Å². The van der Waals surface area contributed by atoms with E-state index < -0.39 is 10.0 Å². The van der Waals surface area contributed by atoms with Crippen LogP contribution in [0.25, 0.3) is 0 Å². The molecule has 0 spiro atoms. The quantitative estimate of drug-likeness (QED) is 0.540. The van der Waals surface area contributed by atoms with Crippen LogP contribution in [0.15, 0.2) is 45.9 Å². The number of allylic oxidation sites excluding steroid dienone is 2. The Kier molecular flexibility index (Phi) is 6.85. The van der Waals surface area contributed by atoms with Crippen molar-refractivity contribution in [2.45, 2.75) is 57.3 Å². The summed E-state index contributed by atoms with van der Waals surface area (Å²) < 4.78 is 30.0. The van der Waals surface area contributed by atoms with Gasteiger partial charge in [0.05, 0.1) is 17.2 Å². The first-order valence-electron chi connectivity index (χ1n) is 8.57. The number of nitrogens with zero attached hydrogens (tertiary/aromatic N) is 1. The second-order valence-corrected chi connectivity index (χ2v) is 7.44. The topological polar surface area (TPSA) is 67.8 Å². The van der Waals surface area contributed by atoms with Gasteiger partial charge < -0.3 is 4.74 Å². The minimum atomic E-state index is -3.65. The third kappa shape index (κ3) is 5.09. The zero-order valence-corrected chi connectivity index (χ0v) is 15.2. The van der Waals surface area contributed by atoms with E-state index in [1.165, 1.54) is 30.5 Å². The molecule has 0 unspecified atom stereocenters. The summed E-state index contributed by atoms with van der Waals surface area (Å²) in [6.45, 7) is 4.60. The molecule has 0 aliphatic heterocycles. The van der Waals surface area contributed by atoms with E-state index in [0.29, 0.717) is 12.4 Å². The molecule has 1 aliphatic rings. The van der Waals surface area contributed by atoms with E-state index >= 15 is 0 Å². The van der Waals surface area contributed by atoms with Gasteiger partial charge in [-0.15, -0.1) is 0 Å². The Labute approximate surface area is 144 Å². The summed E-state index contributed by atoms with van der Waals surface area (Å²) in [5, 5.41) is 4.17. The van der Waals surface area contributed by atoms with E-state index in [1.807, 2.05) is 6.92 Å².